The summed E-state index contributed by atoms with van der Waals surface area (Å²) in [7, 11) is 0. The molecule has 0 aliphatic heterocycles. The Morgan fingerprint density at radius 3 is 2.15 bits per heavy atom. The summed E-state index contributed by atoms with van der Waals surface area (Å²) in [5, 5.41) is 16.7. The van der Waals surface area contributed by atoms with Gasteiger partial charge in [-0.25, -0.2) is 4.79 Å². The summed E-state index contributed by atoms with van der Waals surface area (Å²) in [5.41, 5.74) is 2.17. The first-order valence-corrected chi connectivity index (χ1v) is 15.4. The van der Waals surface area contributed by atoms with E-state index in [-0.39, 0.29) is 41.0 Å². The van der Waals surface area contributed by atoms with Gasteiger partial charge in [0.05, 0.1) is 11.7 Å². The Morgan fingerprint density at radius 2 is 1.59 bits per heavy atom. The Balaban J connectivity index is 1.36. The van der Waals surface area contributed by atoms with Crippen molar-refractivity contribution in [1.29, 1.82) is 0 Å². The van der Waals surface area contributed by atoms with Crippen LogP contribution in [0.3, 0.4) is 0 Å². The van der Waals surface area contributed by atoms with Gasteiger partial charge >= 0.3 is 6.03 Å². The minimum Gasteiger partial charge on any atom is -0.491 e. The summed E-state index contributed by atoms with van der Waals surface area (Å²) in [5.74, 6) is 0.792. The van der Waals surface area contributed by atoms with Gasteiger partial charge in [0.2, 0.25) is 5.91 Å². The Morgan fingerprint density at radius 1 is 0.951 bits per heavy atom. The molecule has 6 rings (SSSR count). The quantitative estimate of drug-likeness (QED) is 0.329. The van der Waals surface area contributed by atoms with E-state index in [1.807, 2.05) is 63.8 Å². The van der Waals surface area contributed by atoms with Crippen molar-refractivity contribution >= 4 is 17.6 Å². The van der Waals surface area contributed by atoms with Gasteiger partial charge in [0.15, 0.2) is 0 Å². The van der Waals surface area contributed by atoms with Crippen LogP contribution < -0.4 is 20.3 Å². The molecule has 0 heterocycles. The van der Waals surface area contributed by atoms with E-state index >= 15 is 0 Å². The van der Waals surface area contributed by atoms with E-state index in [1.165, 1.54) is 0 Å². The number of ether oxygens (including phenoxy) is 1. The van der Waals surface area contributed by atoms with Crippen LogP contribution in [0.1, 0.15) is 86.0 Å². The number of rotatable bonds is 9. The van der Waals surface area contributed by atoms with Crippen LogP contribution in [0.25, 0.3) is 11.1 Å². The highest BCUT2D eigenvalue weighted by Crippen LogP contribution is 2.53. The SMILES string of the molecule is CC(C)NC(=O)NC12CCC(CN(C(=O)C3CC(C)(O)C3)c3cccc(-c4ccc(OC(C)C)cc4)c3)(CC1)CC2. The first-order chi connectivity index (χ1) is 19.4. The number of benzene rings is 2. The van der Waals surface area contributed by atoms with Crippen LogP contribution in [0.2, 0.25) is 0 Å². The molecule has 4 fully saturated rings. The molecule has 41 heavy (non-hydrogen) atoms. The number of aliphatic hydroxyl groups is 1. The summed E-state index contributed by atoms with van der Waals surface area (Å²) in [6.45, 7) is 10.5. The molecule has 3 amide bonds. The maximum Gasteiger partial charge on any atom is 0.315 e. The van der Waals surface area contributed by atoms with Gasteiger partial charge < -0.3 is 25.4 Å². The predicted molar refractivity (Wildman–Crippen MR) is 163 cm³/mol. The minimum atomic E-state index is -0.760. The molecule has 4 aliphatic carbocycles. The number of carbonyl (C=O) groups excluding carboxylic acids is 2. The van der Waals surface area contributed by atoms with Crippen LogP contribution in [0.4, 0.5) is 10.5 Å². The summed E-state index contributed by atoms with van der Waals surface area (Å²) in [6.07, 6.45) is 6.88. The largest absolute Gasteiger partial charge is 0.491 e. The van der Waals surface area contributed by atoms with Gasteiger partial charge in [-0.05, 0) is 127 Å². The number of nitrogens with one attached hydrogen (secondary N) is 2. The molecule has 2 bridgehead atoms. The molecule has 2 aromatic rings. The molecule has 0 radical (unpaired) electrons. The molecule has 0 unspecified atom stereocenters. The minimum absolute atomic E-state index is 0.0334. The van der Waals surface area contributed by atoms with E-state index in [0.29, 0.717) is 19.4 Å². The second kappa shape index (κ2) is 11.3. The Labute approximate surface area is 245 Å². The first-order valence-electron chi connectivity index (χ1n) is 15.4. The van der Waals surface area contributed by atoms with Gasteiger partial charge in [0.25, 0.3) is 0 Å². The van der Waals surface area contributed by atoms with Gasteiger partial charge in [-0.2, -0.15) is 0 Å². The molecule has 7 nitrogen and oxygen atoms in total. The molecule has 4 aliphatic rings. The highest BCUT2D eigenvalue weighted by atomic mass is 16.5. The zero-order valence-corrected chi connectivity index (χ0v) is 25.3. The lowest BCUT2D eigenvalue weighted by Gasteiger charge is -2.55. The highest BCUT2D eigenvalue weighted by Gasteiger charge is 2.51. The van der Waals surface area contributed by atoms with Crippen LogP contribution in [-0.4, -0.2) is 46.9 Å². The number of hydrogen-bond acceptors (Lipinski definition) is 4. The average Bonchev–Trinajstić information content (AvgIpc) is 2.91. The van der Waals surface area contributed by atoms with Crippen molar-refractivity contribution in [2.75, 3.05) is 11.4 Å². The normalized spacial score (nSPS) is 28.7. The number of nitrogens with zero attached hydrogens (tertiary/aromatic N) is 1. The van der Waals surface area contributed by atoms with E-state index in [9.17, 15) is 14.7 Å². The van der Waals surface area contributed by atoms with E-state index in [4.69, 9.17) is 4.74 Å². The molecule has 0 spiro atoms. The monoisotopic (exact) mass is 561 g/mol. The zero-order valence-electron chi connectivity index (χ0n) is 25.3. The van der Waals surface area contributed by atoms with Crippen LogP contribution in [0, 0.1) is 11.3 Å². The van der Waals surface area contributed by atoms with Gasteiger partial charge in [0.1, 0.15) is 5.75 Å². The van der Waals surface area contributed by atoms with E-state index in [0.717, 1.165) is 61.1 Å². The Hall–Kier alpha value is -3.06. The van der Waals surface area contributed by atoms with Crippen molar-refractivity contribution in [3.63, 3.8) is 0 Å². The lowest BCUT2D eigenvalue weighted by Crippen LogP contribution is -2.61. The Kier molecular flexibility index (Phi) is 8.12. The number of carbonyl (C=O) groups is 2. The fourth-order valence-corrected chi connectivity index (χ4v) is 7.11. The number of hydrogen-bond donors (Lipinski definition) is 3. The third kappa shape index (κ3) is 6.72. The lowest BCUT2D eigenvalue weighted by atomic mass is 9.57. The van der Waals surface area contributed by atoms with Crippen molar-refractivity contribution in [2.45, 2.75) is 109 Å². The van der Waals surface area contributed by atoms with Gasteiger partial charge in [-0.3, -0.25) is 4.79 Å². The highest BCUT2D eigenvalue weighted by molar-refractivity contribution is 5.96. The van der Waals surface area contributed by atoms with Crippen molar-refractivity contribution in [2.24, 2.45) is 11.3 Å². The second-order valence-electron chi connectivity index (χ2n) is 13.8. The van der Waals surface area contributed by atoms with Crippen LogP contribution in [-0.2, 0) is 4.79 Å². The fraction of sp³-hybridized carbons (Fsp3) is 0.588. The summed E-state index contributed by atoms with van der Waals surface area (Å²) >= 11 is 0. The molecule has 2 aromatic carbocycles. The van der Waals surface area contributed by atoms with Crippen molar-refractivity contribution < 1.29 is 19.4 Å². The zero-order chi connectivity index (χ0) is 29.4. The van der Waals surface area contributed by atoms with E-state index in [2.05, 4.69) is 34.9 Å². The number of urea groups is 1. The first kappa shape index (κ1) is 29.4. The van der Waals surface area contributed by atoms with Crippen LogP contribution in [0.15, 0.2) is 48.5 Å². The predicted octanol–water partition coefficient (Wildman–Crippen LogP) is 6.44. The standard InChI is InChI=1S/C34H47N3O4/c1-23(2)35-31(39)36-34-16-13-33(14-17-34,15-18-34)22-37(30(38)27-20-32(5,40)21-27)28-8-6-7-26(19-28)25-9-11-29(12-10-25)41-24(3)4/h6-12,19,23-24,27,40H,13-18,20-22H2,1-5H3,(H2,35,36,39). The molecule has 0 atom stereocenters. The molecule has 222 valence electrons. The van der Waals surface area contributed by atoms with Gasteiger partial charge in [0, 0.05) is 29.7 Å². The van der Waals surface area contributed by atoms with Crippen molar-refractivity contribution in [3.8, 4) is 16.9 Å². The molecule has 0 aromatic heterocycles. The molecular formula is C34H47N3O4. The molecule has 4 saturated carbocycles. The molecule has 7 heteroatoms. The van der Waals surface area contributed by atoms with Gasteiger partial charge in [-0.15, -0.1) is 0 Å². The van der Waals surface area contributed by atoms with E-state index in [1.54, 1.807) is 0 Å². The van der Waals surface area contributed by atoms with E-state index < -0.39 is 5.60 Å². The maximum absolute atomic E-state index is 14.0. The lowest BCUT2D eigenvalue weighted by molar-refractivity contribution is -0.137. The number of anilines is 1. The third-order valence-corrected chi connectivity index (χ3v) is 9.40. The second-order valence-corrected chi connectivity index (χ2v) is 13.8. The summed E-state index contributed by atoms with van der Waals surface area (Å²) < 4.78 is 5.82. The van der Waals surface area contributed by atoms with Crippen LogP contribution >= 0.6 is 0 Å². The number of amides is 3. The Bertz CT molecular complexity index is 1220. The average molecular weight is 562 g/mol. The molecule has 0 saturated heterocycles. The van der Waals surface area contributed by atoms with Gasteiger partial charge in [-0.1, -0.05) is 24.3 Å². The van der Waals surface area contributed by atoms with Crippen molar-refractivity contribution in [3.05, 3.63) is 48.5 Å². The van der Waals surface area contributed by atoms with Crippen molar-refractivity contribution in [1.82, 2.24) is 10.6 Å². The maximum atomic E-state index is 14.0. The van der Waals surface area contributed by atoms with Crippen LogP contribution in [0.5, 0.6) is 5.75 Å². The number of fused-ring (bicyclic) bond motifs is 3. The fourth-order valence-electron chi connectivity index (χ4n) is 7.11. The topological polar surface area (TPSA) is 90.9 Å². The summed E-state index contributed by atoms with van der Waals surface area (Å²) in [4.78, 5) is 28.5. The third-order valence-electron chi connectivity index (χ3n) is 9.40. The molecular weight excluding hydrogens is 514 g/mol. The smallest absolute Gasteiger partial charge is 0.315 e. The molecule has 3 N–H and O–H groups in total. The summed E-state index contributed by atoms with van der Waals surface area (Å²) in [6, 6.07) is 16.4.